The largest absolute Gasteiger partial charge is 0.298 e. The minimum absolute atomic E-state index is 0.00110. The van der Waals surface area contributed by atoms with E-state index in [1.54, 1.807) is 35.7 Å². The Kier molecular flexibility index (Phi) is 5.28. The number of hydrogen-bond donors (Lipinski definition) is 1. The molecule has 4 rings (SSSR count). The Bertz CT molecular complexity index is 1180. The van der Waals surface area contributed by atoms with Crippen LogP contribution in [-0.4, -0.2) is 31.6 Å². The quantitative estimate of drug-likeness (QED) is 0.637. The van der Waals surface area contributed by atoms with Crippen molar-refractivity contribution < 1.29 is 17.6 Å². The van der Waals surface area contributed by atoms with Crippen molar-refractivity contribution in [1.29, 1.82) is 0 Å². The normalized spacial score (nSPS) is 15.4. The van der Waals surface area contributed by atoms with Gasteiger partial charge in [-0.2, -0.15) is 0 Å². The number of carbonyl (C=O) groups is 1. The summed E-state index contributed by atoms with van der Waals surface area (Å²) in [7, 11) is -3.26. The Morgan fingerprint density at radius 1 is 1.21 bits per heavy atom. The van der Waals surface area contributed by atoms with E-state index in [2.05, 4.69) is 10.3 Å². The van der Waals surface area contributed by atoms with Crippen molar-refractivity contribution in [2.45, 2.75) is 6.42 Å². The van der Waals surface area contributed by atoms with Crippen molar-refractivity contribution in [2.24, 2.45) is 0 Å². The molecule has 0 bridgehead atoms. The maximum atomic E-state index is 13.3. The van der Waals surface area contributed by atoms with Crippen LogP contribution in [0.4, 0.5) is 15.2 Å². The van der Waals surface area contributed by atoms with Crippen LogP contribution in [0.5, 0.6) is 0 Å². The van der Waals surface area contributed by atoms with Gasteiger partial charge in [0.1, 0.15) is 5.82 Å². The minimum atomic E-state index is -3.26. The third-order valence-electron chi connectivity index (χ3n) is 4.46. The van der Waals surface area contributed by atoms with E-state index in [-0.39, 0.29) is 16.7 Å². The third-order valence-corrected chi connectivity index (χ3v) is 7.37. The molecule has 1 saturated heterocycles. The summed E-state index contributed by atoms with van der Waals surface area (Å²) in [6.07, 6.45) is 0.593. The number of hydrogen-bond acceptors (Lipinski definition) is 5. The molecule has 29 heavy (non-hydrogen) atoms. The van der Waals surface area contributed by atoms with Crippen molar-refractivity contribution in [3.8, 4) is 11.3 Å². The van der Waals surface area contributed by atoms with Crippen LogP contribution in [0.3, 0.4) is 0 Å². The molecule has 2 aromatic carbocycles. The fourth-order valence-corrected chi connectivity index (χ4v) is 5.46. The van der Waals surface area contributed by atoms with Crippen LogP contribution in [0.15, 0.2) is 47.8 Å². The first-order valence-corrected chi connectivity index (χ1v) is 11.5. The second-order valence-corrected chi connectivity index (χ2v) is 9.69. The Morgan fingerprint density at radius 3 is 2.62 bits per heavy atom. The Morgan fingerprint density at radius 2 is 1.97 bits per heavy atom. The summed E-state index contributed by atoms with van der Waals surface area (Å²) in [6.45, 7) is 0.448. The predicted octanol–water partition coefficient (Wildman–Crippen LogP) is 4.39. The summed E-state index contributed by atoms with van der Waals surface area (Å²) < 4.78 is 38.6. The van der Waals surface area contributed by atoms with Crippen molar-refractivity contribution >= 4 is 49.7 Å². The third kappa shape index (κ3) is 4.12. The zero-order chi connectivity index (χ0) is 20.6. The topological polar surface area (TPSA) is 79.4 Å². The van der Waals surface area contributed by atoms with Crippen LogP contribution in [0.25, 0.3) is 11.3 Å². The number of rotatable bonds is 4. The second kappa shape index (κ2) is 7.74. The van der Waals surface area contributed by atoms with Gasteiger partial charge in [0.15, 0.2) is 5.13 Å². The van der Waals surface area contributed by atoms with E-state index in [9.17, 15) is 17.6 Å². The van der Waals surface area contributed by atoms with Crippen molar-refractivity contribution in [3.63, 3.8) is 0 Å². The average Bonchev–Trinajstić information content (AvgIpc) is 3.30. The lowest BCUT2D eigenvalue weighted by molar-refractivity contribution is 0.102. The highest BCUT2D eigenvalue weighted by atomic mass is 35.5. The highest BCUT2D eigenvalue weighted by Gasteiger charge is 2.28. The number of benzene rings is 2. The van der Waals surface area contributed by atoms with Crippen LogP contribution in [-0.2, 0) is 10.0 Å². The predicted molar refractivity (Wildman–Crippen MR) is 113 cm³/mol. The van der Waals surface area contributed by atoms with Crippen LogP contribution < -0.4 is 9.62 Å². The van der Waals surface area contributed by atoms with Crippen molar-refractivity contribution in [3.05, 3.63) is 64.2 Å². The molecule has 1 fully saturated rings. The maximum absolute atomic E-state index is 13.3. The molecule has 1 aliphatic heterocycles. The fraction of sp³-hybridized carbons (Fsp3) is 0.158. The zero-order valence-electron chi connectivity index (χ0n) is 14.9. The molecule has 150 valence electrons. The van der Waals surface area contributed by atoms with Gasteiger partial charge >= 0.3 is 0 Å². The number of thiazole rings is 1. The number of sulfonamides is 1. The van der Waals surface area contributed by atoms with Gasteiger partial charge in [0.2, 0.25) is 10.0 Å². The summed E-state index contributed by atoms with van der Waals surface area (Å²) in [6, 6.07) is 10.7. The molecular formula is C19H15ClFN3O3S2. The average molecular weight is 452 g/mol. The molecule has 0 unspecified atom stereocenters. The highest BCUT2D eigenvalue weighted by Crippen LogP contribution is 2.29. The summed E-state index contributed by atoms with van der Waals surface area (Å²) >= 11 is 7.04. The summed E-state index contributed by atoms with van der Waals surface area (Å²) in [5.41, 5.74) is 2.14. The molecule has 2 heterocycles. The molecule has 10 heteroatoms. The molecule has 0 atom stereocenters. The van der Waals surface area contributed by atoms with Gasteiger partial charge in [-0.05, 0) is 48.9 Å². The van der Waals surface area contributed by atoms with Gasteiger partial charge in [0.25, 0.3) is 5.91 Å². The highest BCUT2D eigenvalue weighted by molar-refractivity contribution is 7.93. The molecule has 0 spiro atoms. The van der Waals surface area contributed by atoms with Crippen LogP contribution in [0, 0.1) is 5.82 Å². The Labute approximate surface area is 176 Å². The Hall–Kier alpha value is -2.49. The number of aromatic nitrogens is 1. The first-order valence-electron chi connectivity index (χ1n) is 8.66. The van der Waals surface area contributed by atoms with E-state index in [0.29, 0.717) is 40.6 Å². The molecule has 0 radical (unpaired) electrons. The van der Waals surface area contributed by atoms with Crippen LogP contribution >= 0.6 is 22.9 Å². The number of carbonyl (C=O) groups excluding carboxylic acids is 1. The van der Waals surface area contributed by atoms with Crippen molar-refractivity contribution in [1.82, 2.24) is 4.98 Å². The monoisotopic (exact) mass is 451 g/mol. The number of amides is 1. The van der Waals surface area contributed by atoms with Gasteiger partial charge in [-0.25, -0.2) is 17.8 Å². The lowest BCUT2D eigenvalue weighted by atomic mass is 10.2. The number of nitrogens with one attached hydrogen (secondary N) is 1. The van der Waals surface area contributed by atoms with Gasteiger partial charge < -0.3 is 0 Å². The van der Waals surface area contributed by atoms with E-state index in [4.69, 9.17) is 11.6 Å². The molecule has 0 aliphatic carbocycles. The summed E-state index contributed by atoms with van der Waals surface area (Å²) in [4.78, 5) is 16.8. The van der Waals surface area contributed by atoms with Gasteiger partial charge in [-0.3, -0.25) is 14.4 Å². The maximum Gasteiger partial charge on any atom is 0.257 e. The first kappa shape index (κ1) is 19.8. The number of anilines is 2. The molecule has 3 aromatic rings. The SMILES string of the molecule is O=C(Nc1nc(-c2ccc(F)c(Cl)c2)cs1)c1ccc(N2CCCS2(=O)=O)cc1. The second-order valence-electron chi connectivity index (χ2n) is 6.41. The molecule has 0 saturated carbocycles. The standard InChI is InChI=1S/C19H15ClFN3O3S2/c20-15-10-13(4-7-16(15)21)17-11-28-19(22-17)23-18(25)12-2-5-14(6-3-12)24-8-1-9-29(24,26)27/h2-7,10-11H,1,8-9H2,(H,22,23,25). The van der Waals surface area contributed by atoms with Gasteiger partial charge in [0.05, 0.1) is 22.2 Å². The Balaban J connectivity index is 1.47. The minimum Gasteiger partial charge on any atom is -0.298 e. The van der Waals surface area contributed by atoms with E-state index < -0.39 is 15.8 Å². The van der Waals surface area contributed by atoms with E-state index in [1.165, 1.54) is 27.8 Å². The first-order chi connectivity index (χ1) is 13.8. The lowest BCUT2D eigenvalue weighted by Gasteiger charge is -2.16. The van der Waals surface area contributed by atoms with Gasteiger partial charge in [0, 0.05) is 23.1 Å². The molecule has 1 aromatic heterocycles. The molecular weight excluding hydrogens is 437 g/mol. The molecule has 6 nitrogen and oxygen atoms in total. The van der Waals surface area contributed by atoms with E-state index in [1.807, 2.05) is 0 Å². The van der Waals surface area contributed by atoms with Gasteiger partial charge in [-0.1, -0.05) is 11.6 Å². The lowest BCUT2D eigenvalue weighted by Crippen LogP contribution is -2.25. The smallest absolute Gasteiger partial charge is 0.257 e. The molecule has 1 amide bonds. The number of nitrogens with zero attached hydrogens (tertiary/aromatic N) is 2. The van der Waals surface area contributed by atoms with Crippen LogP contribution in [0.2, 0.25) is 5.02 Å². The molecule has 1 N–H and O–H groups in total. The van der Waals surface area contributed by atoms with Crippen molar-refractivity contribution in [2.75, 3.05) is 21.9 Å². The summed E-state index contributed by atoms with van der Waals surface area (Å²) in [5.74, 6) is -0.732. The van der Waals surface area contributed by atoms with E-state index >= 15 is 0 Å². The van der Waals surface area contributed by atoms with Gasteiger partial charge in [-0.15, -0.1) is 11.3 Å². The molecule has 1 aliphatic rings. The summed E-state index contributed by atoms with van der Waals surface area (Å²) in [5, 5.41) is 4.83. The zero-order valence-corrected chi connectivity index (χ0v) is 17.3. The van der Waals surface area contributed by atoms with Crippen LogP contribution in [0.1, 0.15) is 16.8 Å². The fourth-order valence-electron chi connectivity index (χ4n) is 3.00. The number of halogens is 2. The van der Waals surface area contributed by atoms with E-state index in [0.717, 1.165) is 0 Å².